The summed E-state index contributed by atoms with van der Waals surface area (Å²) >= 11 is 12.9. The molecule has 1 saturated heterocycles. The van der Waals surface area contributed by atoms with Gasteiger partial charge in [-0.25, -0.2) is 18.4 Å². The predicted molar refractivity (Wildman–Crippen MR) is 120 cm³/mol. The number of benzene rings is 1. The van der Waals surface area contributed by atoms with Crippen molar-refractivity contribution in [2.45, 2.75) is 37.6 Å². The molecule has 5 nitrogen and oxygen atoms in total. The number of cyclic esters (lactones) is 1. The van der Waals surface area contributed by atoms with Crippen molar-refractivity contribution < 1.29 is 28.2 Å². The molecule has 0 unspecified atom stereocenters. The van der Waals surface area contributed by atoms with Gasteiger partial charge in [0, 0.05) is 39.9 Å². The summed E-state index contributed by atoms with van der Waals surface area (Å²) in [4.78, 5) is 25.9. The van der Waals surface area contributed by atoms with Crippen LogP contribution < -0.4 is 0 Å². The molecular formula is C22H21Cl2F2NO4S. The third-order valence-electron chi connectivity index (χ3n) is 4.99. The number of nitrogens with zero attached hydrogens (tertiary/aromatic N) is 1. The third-order valence-corrected chi connectivity index (χ3v) is 6.56. The maximum Gasteiger partial charge on any atom is 0.410 e. The van der Waals surface area contributed by atoms with E-state index < -0.39 is 24.4 Å². The van der Waals surface area contributed by atoms with E-state index in [1.807, 2.05) is 0 Å². The molecule has 3 rings (SSSR count). The highest BCUT2D eigenvalue weighted by Crippen LogP contribution is 2.35. The SMILES string of the molecule is O=C(O)c1ccc(CCCN2C(=O)OCC[C@@H]2/C=C/CC(F)(F)c2cc(Cl)cc(Cl)c2)s1. The minimum absolute atomic E-state index is 0.138. The molecule has 1 atom stereocenters. The standard InChI is InChI=1S/C22H21Cl2F2NO4S/c23-15-11-14(12-16(24)13-15)22(25,26)8-1-3-17-7-10-31-21(30)27(17)9-2-4-18-5-6-19(32-18)20(28)29/h1,3,5-6,11-13,17H,2,4,7-10H2,(H,28,29)/b3-1+/t17-/m0/s1. The lowest BCUT2D eigenvalue weighted by Gasteiger charge is -2.33. The predicted octanol–water partition coefficient (Wildman–Crippen LogP) is 6.63. The van der Waals surface area contributed by atoms with E-state index in [-0.39, 0.29) is 33.1 Å². The number of hydrogen-bond donors (Lipinski definition) is 1. The number of carbonyl (C=O) groups excluding carboxylic acids is 1. The van der Waals surface area contributed by atoms with Crippen LogP contribution in [0.15, 0.2) is 42.5 Å². The number of allylic oxidation sites excluding steroid dienone is 1. The molecule has 1 aliphatic rings. The summed E-state index contributed by atoms with van der Waals surface area (Å²) in [5.41, 5.74) is -0.267. The van der Waals surface area contributed by atoms with Crippen molar-refractivity contribution in [2.24, 2.45) is 0 Å². The molecule has 0 saturated carbocycles. The second-order valence-electron chi connectivity index (χ2n) is 7.33. The topological polar surface area (TPSA) is 66.8 Å². The monoisotopic (exact) mass is 503 g/mol. The number of amides is 1. The molecule has 2 heterocycles. The fraction of sp³-hybridized carbons (Fsp3) is 0.364. The van der Waals surface area contributed by atoms with Crippen LogP contribution in [0.25, 0.3) is 0 Å². The van der Waals surface area contributed by atoms with Crippen molar-refractivity contribution in [3.63, 3.8) is 0 Å². The summed E-state index contributed by atoms with van der Waals surface area (Å²) in [5, 5.41) is 9.28. The number of ether oxygens (including phenoxy) is 1. The summed E-state index contributed by atoms with van der Waals surface area (Å²) in [6, 6.07) is 6.72. The highest BCUT2D eigenvalue weighted by Gasteiger charge is 2.32. The molecule has 1 aliphatic heterocycles. The van der Waals surface area contributed by atoms with Gasteiger partial charge in [-0.15, -0.1) is 11.3 Å². The molecule has 0 aliphatic carbocycles. The maximum absolute atomic E-state index is 14.6. The molecule has 1 N–H and O–H groups in total. The Hall–Kier alpha value is -2.16. The van der Waals surface area contributed by atoms with Crippen molar-refractivity contribution in [3.05, 3.63) is 67.8 Å². The van der Waals surface area contributed by atoms with Crippen LogP contribution in [0, 0.1) is 0 Å². The average molecular weight is 504 g/mol. The first-order valence-corrected chi connectivity index (χ1v) is 11.5. The van der Waals surface area contributed by atoms with Gasteiger partial charge in [-0.1, -0.05) is 35.4 Å². The van der Waals surface area contributed by atoms with E-state index in [0.717, 1.165) is 4.88 Å². The Morgan fingerprint density at radius 3 is 2.66 bits per heavy atom. The Kier molecular flexibility index (Phi) is 8.14. The number of carboxylic acids is 1. The maximum atomic E-state index is 14.6. The zero-order valence-corrected chi connectivity index (χ0v) is 19.2. The Morgan fingerprint density at radius 1 is 1.28 bits per heavy atom. The number of thiophene rings is 1. The van der Waals surface area contributed by atoms with Crippen LogP contribution in [-0.4, -0.2) is 41.3 Å². The van der Waals surface area contributed by atoms with Crippen molar-refractivity contribution in [2.75, 3.05) is 13.2 Å². The Balaban J connectivity index is 1.59. The van der Waals surface area contributed by atoms with Gasteiger partial charge in [0.25, 0.3) is 5.92 Å². The van der Waals surface area contributed by atoms with E-state index in [1.165, 1.54) is 40.5 Å². The minimum Gasteiger partial charge on any atom is -0.477 e. The van der Waals surface area contributed by atoms with Gasteiger partial charge in [-0.3, -0.25) is 0 Å². The first-order chi connectivity index (χ1) is 15.2. The highest BCUT2D eigenvalue weighted by molar-refractivity contribution is 7.13. The van der Waals surface area contributed by atoms with Crippen LogP contribution in [0.4, 0.5) is 13.6 Å². The van der Waals surface area contributed by atoms with E-state index in [2.05, 4.69) is 0 Å². The summed E-state index contributed by atoms with van der Waals surface area (Å²) in [6.07, 6.45) is 3.62. The molecule has 0 bridgehead atoms. The van der Waals surface area contributed by atoms with E-state index in [9.17, 15) is 18.4 Å². The number of carboxylic acid groups (broad SMARTS) is 1. The molecular weight excluding hydrogens is 483 g/mol. The number of carbonyl (C=O) groups is 2. The number of aromatic carboxylic acids is 1. The second-order valence-corrected chi connectivity index (χ2v) is 9.37. The first-order valence-electron chi connectivity index (χ1n) is 9.92. The first kappa shape index (κ1) is 24.5. The van der Waals surface area contributed by atoms with Crippen LogP contribution in [0.3, 0.4) is 0 Å². The van der Waals surface area contributed by atoms with Gasteiger partial charge in [-0.05, 0) is 43.2 Å². The largest absolute Gasteiger partial charge is 0.477 e. The van der Waals surface area contributed by atoms with Crippen molar-refractivity contribution in [3.8, 4) is 0 Å². The molecule has 1 amide bonds. The van der Waals surface area contributed by atoms with Gasteiger partial charge in [0.2, 0.25) is 0 Å². The zero-order valence-electron chi connectivity index (χ0n) is 16.9. The number of aryl methyl sites for hydroxylation is 1. The number of hydrogen-bond acceptors (Lipinski definition) is 4. The molecule has 0 radical (unpaired) electrons. The molecule has 32 heavy (non-hydrogen) atoms. The average Bonchev–Trinajstić information content (AvgIpc) is 3.18. The summed E-state index contributed by atoms with van der Waals surface area (Å²) in [7, 11) is 0. The van der Waals surface area contributed by atoms with Crippen molar-refractivity contribution in [1.29, 1.82) is 0 Å². The zero-order chi connectivity index (χ0) is 23.3. The summed E-state index contributed by atoms with van der Waals surface area (Å²) < 4.78 is 34.3. The van der Waals surface area contributed by atoms with E-state index in [0.29, 0.717) is 25.8 Å². The van der Waals surface area contributed by atoms with Gasteiger partial charge in [0.1, 0.15) is 4.88 Å². The van der Waals surface area contributed by atoms with E-state index >= 15 is 0 Å². The van der Waals surface area contributed by atoms with Gasteiger partial charge in [0.15, 0.2) is 0 Å². The summed E-state index contributed by atoms with van der Waals surface area (Å²) in [5.74, 6) is -4.13. The normalized spacial score (nSPS) is 17.1. The molecule has 2 aromatic rings. The van der Waals surface area contributed by atoms with Gasteiger partial charge in [-0.2, -0.15) is 0 Å². The van der Waals surface area contributed by atoms with Gasteiger partial charge in [0.05, 0.1) is 12.6 Å². The van der Waals surface area contributed by atoms with Crippen LogP contribution in [0.1, 0.15) is 39.4 Å². The molecule has 1 fully saturated rings. The number of rotatable bonds is 9. The highest BCUT2D eigenvalue weighted by atomic mass is 35.5. The molecule has 10 heteroatoms. The lowest BCUT2D eigenvalue weighted by molar-refractivity contribution is -0.00120. The Labute approximate surface area is 198 Å². The third kappa shape index (κ3) is 6.43. The van der Waals surface area contributed by atoms with Crippen LogP contribution in [-0.2, 0) is 17.1 Å². The molecule has 0 spiro atoms. The van der Waals surface area contributed by atoms with Crippen molar-refractivity contribution in [1.82, 2.24) is 4.90 Å². The van der Waals surface area contributed by atoms with Crippen LogP contribution in [0.5, 0.6) is 0 Å². The smallest absolute Gasteiger partial charge is 0.410 e. The van der Waals surface area contributed by atoms with E-state index in [4.69, 9.17) is 33.0 Å². The van der Waals surface area contributed by atoms with Crippen LogP contribution in [0.2, 0.25) is 10.0 Å². The fourth-order valence-electron chi connectivity index (χ4n) is 3.41. The lowest BCUT2D eigenvalue weighted by Crippen LogP contribution is -2.45. The summed E-state index contributed by atoms with van der Waals surface area (Å²) in [6.45, 7) is 0.589. The van der Waals surface area contributed by atoms with E-state index in [1.54, 1.807) is 18.2 Å². The Bertz CT molecular complexity index is 991. The van der Waals surface area contributed by atoms with Gasteiger partial charge >= 0.3 is 12.1 Å². The molecule has 172 valence electrons. The quantitative estimate of drug-likeness (QED) is 0.389. The minimum atomic E-state index is -3.16. The number of halogens is 4. The molecule has 1 aromatic heterocycles. The van der Waals surface area contributed by atoms with Crippen molar-refractivity contribution >= 4 is 46.6 Å². The van der Waals surface area contributed by atoms with Gasteiger partial charge < -0.3 is 14.7 Å². The Morgan fingerprint density at radius 2 is 2.00 bits per heavy atom. The fourth-order valence-corrected chi connectivity index (χ4v) is 4.82. The lowest BCUT2D eigenvalue weighted by atomic mass is 10.0. The second kappa shape index (κ2) is 10.6. The molecule has 1 aromatic carbocycles. The number of alkyl halides is 2. The van der Waals surface area contributed by atoms with Crippen LogP contribution >= 0.6 is 34.5 Å².